The van der Waals surface area contributed by atoms with Gasteiger partial charge in [0, 0.05) is 17.5 Å². The van der Waals surface area contributed by atoms with E-state index >= 15 is 0 Å². The summed E-state index contributed by atoms with van der Waals surface area (Å²) in [7, 11) is 0. The van der Waals surface area contributed by atoms with E-state index in [1.807, 2.05) is 5.38 Å². The predicted octanol–water partition coefficient (Wildman–Crippen LogP) is 3.03. The van der Waals surface area contributed by atoms with Gasteiger partial charge in [-0.1, -0.05) is 31.2 Å². The summed E-state index contributed by atoms with van der Waals surface area (Å²) >= 11 is 1.60. The van der Waals surface area contributed by atoms with Crippen molar-refractivity contribution in [2.75, 3.05) is 19.6 Å². The molecule has 1 unspecified atom stereocenters. The van der Waals surface area contributed by atoms with Crippen LogP contribution in [0, 0.1) is 5.92 Å². The van der Waals surface area contributed by atoms with Gasteiger partial charge < -0.3 is 10.6 Å². The molecule has 0 bridgehead atoms. The number of hydrogen-bond acceptors (Lipinski definition) is 4. The number of hydrogen-bond donors (Lipinski definition) is 2. The van der Waals surface area contributed by atoms with Crippen molar-refractivity contribution in [3.05, 3.63) is 40.9 Å². The number of benzene rings is 1. The molecule has 1 aliphatic rings. The Hall–Kier alpha value is -1.72. The van der Waals surface area contributed by atoms with Gasteiger partial charge in [-0.05, 0) is 43.8 Å². The second kappa shape index (κ2) is 8.40. The van der Waals surface area contributed by atoms with Gasteiger partial charge in [0.25, 0.3) is 0 Å². The molecule has 5 heteroatoms. The van der Waals surface area contributed by atoms with E-state index in [9.17, 15) is 4.79 Å². The van der Waals surface area contributed by atoms with Crippen molar-refractivity contribution >= 4 is 17.2 Å². The van der Waals surface area contributed by atoms with Crippen LogP contribution in [0.4, 0.5) is 0 Å². The fourth-order valence-electron chi connectivity index (χ4n) is 3.01. The lowest BCUT2D eigenvalue weighted by molar-refractivity contribution is -0.120. The van der Waals surface area contributed by atoms with Gasteiger partial charge in [-0.15, -0.1) is 11.3 Å². The largest absolute Gasteiger partial charge is 0.356 e. The number of aromatic nitrogens is 1. The van der Waals surface area contributed by atoms with E-state index in [1.165, 1.54) is 12.0 Å². The van der Waals surface area contributed by atoms with Crippen molar-refractivity contribution in [1.29, 1.82) is 0 Å². The third kappa shape index (κ3) is 4.65. The van der Waals surface area contributed by atoms with Gasteiger partial charge in [0.05, 0.1) is 12.1 Å². The highest BCUT2D eigenvalue weighted by molar-refractivity contribution is 7.13. The molecule has 1 aliphatic heterocycles. The lowest BCUT2D eigenvalue weighted by atomic mass is 10.1. The molecule has 0 spiro atoms. The Bertz CT molecular complexity index is 660. The Morgan fingerprint density at radius 3 is 2.92 bits per heavy atom. The zero-order valence-corrected chi connectivity index (χ0v) is 15.0. The molecule has 2 aromatic rings. The minimum Gasteiger partial charge on any atom is -0.356 e. The van der Waals surface area contributed by atoms with Crippen LogP contribution < -0.4 is 10.6 Å². The smallest absolute Gasteiger partial charge is 0.226 e. The molecule has 1 saturated heterocycles. The van der Waals surface area contributed by atoms with Gasteiger partial charge in [0.15, 0.2) is 0 Å². The second-order valence-corrected chi connectivity index (χ2v) is 7.23. The Morgan fingerprint density at radius 1 is 1.38 bits per heavy atom. The van der Waals surface area contributed by atoms with Crippen molar-refractivity contribution in [2.24, 2.45) is 5.92 Å². The molecular formula is C19H25N3OS. The maximum atomic E-state index is 12.1. The number of nitrogens with zero attached hydrogens (tertiary/aromatic N) is 1. The average molecular weight is 343 g/mol. The maximum absolute atomic E-state index is 12.1. The molecule has 1 aromatic carbocycles. The number of aryl methyl sites for hydroxylation is 1. The first-order chi connectivity index (χ1) is 11.7. The summed E-state index contributed by atoms with van der Waals surface area (Å²) in [5.74, 6) is 0.779. The van der Waals surface area contributed by atoms with E-state index in [-0.39, 0.29) is 5.91 Å². The fourth-order valence-corrected chi connectivity index (χ4v) is 3.83. The van der Waals surface area contributed by atoms with Crippen LogP contribution in [-0.4, -0.2) is 30.5 Å². The third-order valence-corrected chi connectivity index (χ3v) is 5.48. The number of thiazole rings is 1. The minimum atomic E-state index is 0.0686. The summed E-state index contributed by atoms with van der Waals surface area (Å²) in [5, 5.41) is 9.35. The lowest BCUT2D eigenvalue weighted by Crippen LogP contribution is -2.27. The Balaban J connectivity index is 1.48. The number of nitrogens with one attached hydrogen (secondary N) is 2. The molecule has 4 nitrogen and oxygen atoms in total. The van der Waals surface area contributed by atoms with Gasteiger partial charge in [-0.3, -0.25) is 4.79 Å². The lowest BCUT2D eigenvalue weighted by Gasteiger charge is -2.08. The molecule has 1 amide bonds. The van der Waals surface area contributed by atoms with Crippen LogP contribution in [0.3, 0.4) is 0 Å². The normalized spacial score (nSPS) is 17.1. The average Bonchev–Trinajstić information content (AvgIpc) is 3.27. The maximum Gasteiger partial charge on any atom is 0.226 e. The summed E-state index contributed by atoms with van der Waals surface area (Å²) in [6.45, 7) is 5.11. The second-order valence-electron chi connectivity index (χ2n) is 6.37. The monoisotopic (exact) mass is 343 g/mol. The van der Waals surface area contributed by atoms with Gasteiger partial charge in [-0.2, -0.15) is 0 Å². The first-order valence-corrected chi connectivity index (χ1v) is 9.63. The number of carbonyl (C=O) groups excluding carboxylic acids is 1. The molecular weight excluding hydrogens is 318 g/mol. The zero-order chi connectivity index (χ0) is 16.8. The molecule has 0 aliphatic carbocycles. The number of carbonyl (C=O) groups is 1. The minimum absolute atomic E-state index is 0.0686. The summed E-state index contributed by atoms with van der Waals surface area (Å²) in [6, 6.07) is 8.50. The van der Waals surface area contributed by atoms with Crippen molar-refractivity contribution in [1.82, 2.24) is 15.6 Å². The summed E-state index contributed by atoms with van der Waals surface area (Å²) in [6.07, 6.45) is 3.69. The highest BCUT2D eigenvalue weighted by atomic mass is 32.1. The first kappa shape index (κ1) is 17.1. The van der Waals surface area contributed by atoms with E-state index in [1.54, 1.807) is 11.3 Å². The van der Waals surface area contributed by atoms with Crippen molar-refractivity contribution in [3.63, 3.8) is 0 Å². The Kier molecular flexibility index (Phi) is 5.99. The van der Waals surface area contributed by atoms with Crippen LogP contribution in [0.1, 0.15) is 31.0 Å². The molecule has 1 atom stereocenters. The topological polar surface area (TPSA) is 54.0 Å². The fraction of sp³-hybridized carbons (Fsp3) is 0.474. The van der Waals surface area contributed by atoms with Crippen molar-refractivity contribution in [3.8, 4) is 10.6 Å². The highest BCUT2D eigenvalue weighted by Gasteiger charge is 2.14. The van der Waals surface area contributed by atoms with E-state index in [0.717, 1.165) is 48.7 Å². The van der Waals surface area contributed by atoms with Crippen molar-refractivity contribution < 1.29 is 4.79 Å². The zero-order valence-electron chi connectivity index (χ0n) is 14.2. The van der Waals surface area contributed by atoms with Crippen LogP contribution in [0.15, 0.2) is 29.6 Å². The summed E-state index contributed by atoms with van der Waals surface area (Å²) in [4.78, 5) is 16.7. The van der Waals surface area contributed by atoms with Crippen LogP contribution in [0.2, 0.25) is 0 Å². The molecule has 2 N–H and O–H groups in total. The van der Waals surface area contributed by atoms with Crippen LogP contribution in [0.5, 0.6) is 0 Å². The first-order valence-electron chi connectivity index (χ1n) is 8.75. The standard InChI is InChI=1S/C19H25N3OS/c1-2-14-3-5-16(6-4-14)19-22-17(13-24-19)11-18(23)21-10-8-15-7-9-20-12-15/h3-6,13,15,20H,2,7-12H2,1H3,(H,21,23). The number of rotatable bonds is 7. The van der Waals surface area contributed by atoms with Gasteiger partial charge in [0.1, 0.15) is 5.01 Å². The third-order valence-electron chi connectivity index (χ3n) is 4.54. The van der Waals surface area contributed by atoms with Crippen molar-refractivity contribution in [2.45, 2.75) is 32.6 Å². The van der Waals surface area contributed by atoms with Gasteiger partial charge in [-0.25, -0.2) is 4.98 Å². The molecule has 0 saturated carbocycles. The number of amides is 1. The Morgan fingerprint density at radius 2 is 2.21 bits per heavy atom. The predicted molar refractivity (Wildman–Crippen MR) is 99.2 cm³/mol. The molecule has 2 heterocycles. The van der Waals surface area contributed by atoms with E-state index in [0.29, 0.717) is 12.3 Å². The molecule has 24 heavy (non-hydrogen) atoms. The molecule has 1 aromatic heterocycles. The van der Waals surface area contributed by atoms with Gasteiger partial charge in [0.2, 0.25) is 5.91 Å². The van der Waals surface area contributed by atoms with Crippen LogP contribution >= 0.6 is 11.3 Å². The van der Waals surface area contributed by atoms with E-state index in [2.05, 4.69) is 46.8 Å². The molecule has 0 radical (unpaired) electrons. The molecule has 128 valence electrons. The summed E-state index contributed by atoms with van der Waals surface area (Å²) in [5.41, 5.74) is 3.31. The van der Waals surface area contributed by atoms with Crippen LogP contribution in [0.25, 0.3) is 10.6 Å². The molecule has 3 rings (SSSR count). The Labute approximate surface area is 147 Å². The van der Waals surface area contributed by atoms with Crippen LogP contribution in [-0.2, 0) is 17.6 Å². The van der Waals surface area contributed by atoms with E-state index in [4.69, 9.17) is 0 Å². The summed E-state index contributed by atoms with van der Waals surface area (Å²) < 4.78 is 0. The van der Waals surface area contributed by atoms with Gasteiger partial charge >= 0.3 is 0 Å². The highest BCUT2D eigenvalue weighted by Crippen LogP contribution is 2.24. The molecule has 1 fully saturated rings. The quantitative estimate of drug-likeness (QED) is 0.812. The SMILES string of the molecule is CCc1ccc(-c2nc(CC(=O)NCCC3CCNC3)cs2)cc1. The van der Waals surface area contributed by atoms with E-state index < -0.39 is 0 Å².